The van der Waals surface area contributed by atoms with E-state index in [4.69, 9.17) is 0 Å². The highest BCUT2D eigenvalue weighted by molar-refractivity contribution is 7.89. The van der Waals surface area contributed by atoms with E-state index < -0.39 is 15.8 Å². The van der Waals surface area contributed by atoms with Gasteiger partial charge in [0.25, 0.3) is 0 Å². The van der Waals surface area contributed by atoms with Crippen molar-refractivity contribution in [2.45, 2.75) is 4.90 Å². The van der Waals surface area contributed by atoms with Gasteiger partial charge >= 0.3 is 0 Å². The largest absolute Gasteiger partial charge is 0.367 e. The molecule has 0 fully saturated rings. The number of sulfonamides is 1. The van der Waals surface area contributed by atoms with Crippen LogP contribution >= 0.6 is 0 Å². The highest BCUT2D eigenvalue weighted by Crippen LogP contribution is 2.12. The van der Waals surface area contributed by atoms with Gasteiger partial charge < -0.3 is 9.88 Å². The minimum atomic E-state index is -3.89. The fourth-order valence-electron chi connectivity index (χ4n) is 2.16. The molecule has 0 saturated carbocycles. The Morgan fingerprint density at radius 2 is 1.72 bits per heavy atom. The monoisotopic (exact) mass is 361 g/mol. The summed E-state index contributed by atoms with van der Waals surface area (Å²) in [5.41, 5.74) is 0. The Morgan fingerprint density at radius 3 is 2.40 bits per heavy atom. The van der Waals surface area contributed by atoms with Crippen molar-refractivity contribution in [3.8, 4) is 5.82 Å². The topological polar surface area (TPSA) is 88.9 Å². The van der Waals surface area contributed by atoms with Gasteiger partial charge in [0.05, 0.1) is 0 Å². The van der Waals surface area contributed by atoms with E-state index in [1.165, 1.54) is 18.2 Å². The first kappa shape index (κ1) is 17.1. The van der Waals surface area contributed by atoms with Crippen LogP contribution in [-0.4, -0.2) is 36.3 Å². The normalized spacial score (nSPS) is 11.4. The molecule has 1 aromatic carbocycles. The van der Waals surface area contributed by atoms with Gasteiger partial charge in [-0.3, -0.25) is 0 Å². The van der Waals surface area contributed by atoms with E-state index in [-0.39, 0.29) is 18.0 Å². The number of aromatic nitrogens is 3. The van der Waals surface area contributed by atoms with Crippen LogP contribution in [0.4, 0.5) is 10.2 Å². The molecule has 2 N–H and O–H groups in total. The quantitative estimate of drug-likeness (QED) is 0.627. The number of halogens is 1. The molecular formula is C16H16FN5O2S. The summed E-state index contributed by atoms with van der Waals surface area (Å²) in [4.78, 5) is -0.370. The summed E-state index contributed by atoms with van der Waals surface area (Å²) in [6.07, 6.45) is 3.71. The van der Waals surface area contributed by atoms with Gasteiger partial charge in [-0.25, -0.2) is 17.5 Å². The van der Waals surface area contributed by atoms with Crippen LogP contribution in [0.2, 0.25) is 0 Å². The Balaban J connectivity index is 1.52. The molecule has 0 aliphatic heterocycles. The van der Waals surface area contributed by atoms with Crippen molar-refractivity contribution in [3.63, 3.8) is 0 Å². The van der Waals surface area contributed by atoms with Crippen molar-refractivity contribution in [1.29, 1.82) is 0 Å². The Bertz CT molecular complexity index is 927. The SMILES string of the molecule is O=S(=O)(NCCNc1ccc(-n2cccc2)nn1)c1ccccc1F. The van der Waals surface area contributed by atoms with E-state index in [9.17, 15) is 12.8 Å². The fraction of sp³-hybridized carbons (Fsp3) is 0.125. The lowest BCUT2D eigenvalue weighted by molar-refractivity contribution is 0.558. The van der Waals surface area contributed by atoms with E-state index in [2.05, 4.69) is 20.2 Å². The van der Waals surface area contributed by atoms with E-state index in [1.807, 2.05) is 29.1 Å². The molecule has 3 aromatic rings. The van der Waals surface area contributed by atoms with Gasteiger partial charge in [-0.2, -0.15) is 0 Å². The molecule has 2 heterocycles. The van der Waals surface area contributed by atoms with Crippen LogP contribution in [0.5, 0.6) is 0 Å². The standard InChI is InChI=1S/C16H16FN5O2S/c17-13-5-1-2-6-14(13)25(23,24)19-10-9-18-15-7-8-16(21-20-15)22-11-3-4-12-22/h1-8,11-12,19H,9-10H2,(H,18,20). The second-order valence-electron chi connectivity index (χ2n) is 5.12. The summed E-state index contributed by atoms with van der Waals surface area (Å²) < 4.78 is 41.8. The zero-order valence-electron chi connectivity index (χ0n) is 13.1. The predicted molar refractivity (Wildman–Crippen MR) is 91.4 cm³/mol. The molecule has 0 radical (unpaired) electrons. The van der Waals surface area contributed by atoms with E-state index in [0.29, 0.717) is 11.6 Å². The number of rotatable bonds is 7. The molecule has 9 heteroatoms. The summed E-state index contributed by atoms with van der Waals surface area (Å²) in [6, 6.07) is 12.5. The summed E-state index contributed by atoms with van der Waals surface area (Å²) in [7, 11) is -3.89. The smallest absolute Gasteiger partial charge is 0.243 e. The van der Waals surface area contributed by atoms with Crippen LogP contribution in [0.25, 0.3) is 5.82 Å². The van der Waals surface area contributed by atoms with Crippen molar-refractivity contribution in [3.05, 3.63) is 66.7 Å². The Morgan fingerprint density at radius 1 is 0.960 bits per heavy atom. The molecule has 2 aromatic heterocycles. The molecule has 0 aliphatic rings. The van der Waals surface area contributed by atoms with E-state index in [1.54, 1.807) is 12.1 Å². The number of hydrogen-bond donors (Lipinski definition) is 2. The first-order valence-electron chi connectivity index (χ1n) is 7.51. The van der Waals surface area contributed by atoms with Gasteiger partial charge in [0.15, 0.2) is 5.82 Å². The number of benzene rings is 1. The molecule has 25 heavy (non-hydrogen) atoms. The second kappa shape index (κ2) is 7.41. The number of nitrogens with zero attached hydrogens (tertiary/aromatic N) is 3. The maximum Gasteiger partial charge on any atom is 0.243 e. The summed E-state index contributed by atoms with van der Waals surface area (Å²) in [5.74, 6) is 0.409. The van der Waals surface area contributed by atoms with Crippen molar-refractivity contribution >= 4 is 15.8 Å². The molecule has 0 amide bonds. The lowest BCUT2D eigenvalue weighted by Gasteiger charge is -2.09. The van der Waals surface area contributed by atoms with Gasteiger partial charge in [0.1, 0.15) is 16.5 Å². The number of anilines is 1. The first-order valence-corrected chi connectivity index (χ1v) is 9.00. The van der Waals surface area contributed by atoms with Crippen LogP contribution in [0, 0.1) is 5.82 Å². The van der Waals surface area contributed by atoms with Crippen molar-refractivity contribution in [2.75, 3.05) is 18.4 Å². The van der Waals surface area contributed by atoms with Crippen molar-refractivity contribution in [2.24, 2.45) is 0 Å². The Labute approximate surface area is 144 Å². The Kier molecular flexibility index (Phi) is 5.05. The molecule has 0 aliphatic carbocycles. The van der Waals surface area contributed by atoms with Crippen LogP contribution in [0.15, 0.2) is 65.8 Å². The molecule has 130 valence electrons. The predicted octanol–water partition coefficient (Wildman–Crippen LogP) is 1.80. The molecule has 7 nitrogen and oxygen atoms in total. The molecule has 3 rings (SSSR count). The average Bonchev–Trinajstić information content (AvgIpc) is 3.14. The molecular weight excluding hydrogens is 345 g/mol. The third kappa shape index (κ3) is 4.20. The van der Waals surface area contributed by atoms with E-state index >= 15 is 0 Å². The van der Waals surface area contributed by atoms with Gasteiger partial charge in [0.2, 0.25) is 10.0 Å². The van der Waals surface area contributed by atoms with Gasteiger partial charge in [0, 0.05) is 25.5 Å². The molecule has 0 atom stereocenters. The maximum atomic E-state index is 13.6. The highest BCUT2D eigenvalue weighted by Gasteiger charge is 2.17. The lowest BCUT2D eigenvalue weighted by Crippen LogP contribution is -2.29. The lowest BCUT2D eigenvalue weighted by atomic mass is 10.4. The number of hydrogen-bond acceptors (Lipinski definition) is 5. The second-order valence-corrected chi connectivity index (χ2v) is 6.86. The maximum absolute atomic E-state index is 13.6. The molecule has 0 saturated heterocycles. The minimum absolute atomic E-state index is 0.0811. The summed E-state index contributed by atoms with van der Waals surface area (Å²) in [6.45, 7) is 0.364. The van der Waals surface area contributed by atoms with Crippen LogP contribution in [-0.2, 0) is 10.0 Å². The molecule has 0 unspecified atom stereocenters. The Hall–Kier alpha value is -2.78. The average molecular weight is 361 g/mol. The third-order valence-electron chi connectivity index (χ3n) is 3.37. The van der Waals surface area contributed by atoms with Gasteiger partial charge in [-0.05, 0) is 36.4 Å². The van der Waals surface area contributed by atoms with Gasteiger partial charge in [-0.1, -0.05) is 12.1 Å². The van der Waals surface area contributed by atoms with Crippen molar-refractivity contribution < 1.29 is 12.8 Å². The summed E-state index contributed by atoms with van der Waals surface area (Å²) in [5, 5.41) is 11.0. The van der Waals surface area contributed by atoms with Crippen LogP contribution < -0.4 is 10.0 Å². The zero-order chi connectivity index (χ0) is 17.7. The highest BCUT2D eigenvalue weighted by atomic mass is 32.2. The van der Waals surface area contributed by atoms with Crippen LogP contribution in [0.1, 0.15) is 0 Å². The van der Waals surface area contributed by atoms with Gasteiger partial charge in [-0.15, -0.1) is 10.2 Å². The fourth-order valence-corrected chi connectivity index (χ4v) is 3.27. The third-order valence-corrected chi connectivity index (χ3v) is 4.86. The minimum Gasteiger partial charge on any atom is -0.367 e. The summed E-state index contributed by atoms with van der Waals surface area (Å²) >= 11 is 0. The molecule has 0 bridgehead atoms. The van der Waals surface area contributed by atoms with Crippen molar-refractivity contribution in [1.82, 2.24) is 19.5 Å². The molecule has 0 spiro atoms. The van der Waals surface area contributed by atoms with E-state index in [0.717, 1.165) is 6.07 Å². The number of nitrogens with one attached hydrogen (secondary N) is 2. The first-order chi connectivity index (χ1) is 12.1. The zero-order valence-corrected chi connectivity index (χ0v) is 13.9. The van der Waals surface area contributed by atoms with Crippen LogP contribution in [0.3, 0.4) is 0 Å².